The van der Waals surface area contributed by atoms with Crippen molar-refractivity contribution in [2.45, 2.75) is 38.5 Å². The molecule has 0 spiro atoms. The summed E-state index contributed by atoms with van der Waals surface area (Å²) in [5, 5.41) is 2.91. The van der Waals surface area contributed by atoms with Gasteiger partial charge in [0.1, 0.15) is 12.4 Å². The van der Waals surface area contributed by atoms with Gasteiger partial charge in [0.05, 0.1) is 12.1 Å². The summed E-state index contributed by atoms with van der Waals surface area (Å²) in [5.74, 6) is 1.24. The molecule has 1 heterocycles. The first-order valence-corrected chi connectivity index (χ1v) is 8.45. The molecule has 23 heavy (non-hydrogen) atoms. The van der Waals surface area contributed by atoms with Crippen molar-refractivity contribution in [1.29, 1.82) is 0 Å². The number of benzene rings is 1. The first-order valence-electron chi connectivity index (χ1n) is 8.45. The van der Waals surface area contributed by atoms with Crippen LogP contribution in [0.15, 0.2) is 18.2 Å². The van der Waals surface area contributed by atoms with E-state index in [1.807, 2.05) is 0 Å². The number of rotatable bonds is 4. The summed E-state index contributed by atoms with van der Waals surface area (Å²) >= 11 is 0. The smallest absolute Gasteiger partial charge is 0.257 e. The lowest BCUT2D eigenvalue weighted by Gasteiger charge is -2.13. The summed E-state index contributed by atoms with van der Waals surface area (Å²) in [6.07, 6.45) is 6.61. The van der Waals surface area contributed by atoms with Crippen LogP contribution < -0.4 is 10.1 Å². The third kappa shape index (κ3) is 3.84. The number of fused-ring (bicyclic) bond motifs is 1. The van der Waals surface area contributed by atoms with Gasteiger partial charge in [-0.25, -0.2) is 0 Å². The van der Waals surface area contributed by atoms with Crippen molar-refractivity contribution >= 4 is 17.5 Å². The lowest BCUT2D eigenvalue weighted by molar-refractivity contribution is -0.116. The van der Waals surface area contributed by atoms with Crippen molar-refractivity contribution in [2.75, 3.05) is 25.5 Å². The molecular formula is C18H24N2O3. The molecule has 1 aromatic carbocycles. The van der Waals surface area contributed by atoms with Gasteiger partial charge in [-0.15, -0.1) is 0 Å². The number of carbonyl (C=O) groups excluding carboxylic acids is 2. The van der Waals surface area contributed by atoms with E-state index in [1.165, 1.54) is 25.7 Å². The summed E-state index contributed by atoms with van der Waals surface area (Å²) in [6, 6.07) is 5.27. The number of likely N-dealkylation sites (N-methyl/N-ethyl adjacent to an activating group) is 1. The Morgan fingerprint density at radius 1 is 1.35 bits per heavy atom. The van der Waals surface area contributed by atoms with Gasteiger partial charge in [0, 0.05) is 19.2 Å². The molecule has 2 amide bonds. The van der Waals surface area contributed by atoms with Crippen molar-refractivity contribution in [2.24, 2.45) is 5.92 Å². The Bertz CT molecular complexity index is 594. The van der Waals surface area contributed by atoms with Crippen LogP contribution in [0.25, 0.3) is 0 Å². The Hall–Kier alpha value is -2.04. The van der Waals surface area contributed by atoms with E-state index in [0.29, 0.717) is 42.5 Å². The van der Waals surface area contributed by atoms with E-state index in [9.17, 15) is 9.59 Å². The fourth-order valence-electron chi connectivity index (χ4n) is 3.36. The lowest BCUT2D eigenvalue weighted by Crippen LogP contribution is -2.27. The second-order valence-electron chi connectivity index (χ2n) is 6.52. The highest BCUT2D eigenvalue weighted by Crippen LogP contribution is 2.29. The van der Waals surface area contributed by atoms with E-state index in [-0.39, 0.29) is 11.8 Å². The minimum atomic E-state index is -0.0699. The van der Waals surface area contributed by atoms with E-state index < -0.39 is 0 Å². The van der Waals surface area contributed by atoms with E-state index in [4.69, 9.17) is 4.74 Å². The van der Waals surface area contributed by atoms with Gasteiger partial charge in [-0.1, -0.05) is 25.7 Å². The average Bonchev–Trinajstić information content (AvgIpc) is 3.02. The number of ether oxygens (including phenoxy) is 1. The van der Waals surface area contributed by atoms with Crippen LogP contribution in [0.1, 0.15) is 48.9 Å². The molecule has 0 atom stereocenters. The molecule has 0 aromatic heterocycles. The largest absolute Gasteiger partial charge is 0.491 e. The molecule has 2 aliphatic rings. The number of hydrogen-bond acceptors (Lipinski definition) is 3. The standard InChI is InChI=1S/C18H24N2O3/c1-20-10-11-23-16-8-7-14(12-15(16)18(20)22)19-17(21)9-6-13-4-2-3-5-13/h7-8,12-13H,2-6,9-11H2,1H3,(H,19,21). The Labute approximate surface area is 137 Å². The van der Waals surface area contributed by atoms with E-state index >= 15 is 0 Å². The van der Waals surface area contributed by atoms with Gasteiger partial charge < -0.3 is 15.0 Å². The molecule has 1 aromatic rings. The SMILES string of the molecule is CN1CCOc2ccc(NC(=O)CCC3CCCC3)cc2C1=O. The molecule has 1 aliphatic heterocycles. The van der Waals surface area contributed by atoms with Crippen LogP contribution in [0.5, 0.6) is 5.75 Å². The van der Waals surface area contributed by atoms with Crippen molar-refractivity contribution in [3.05, 3.63) is 23.8 Å². The van der Waals surface area contributed by atoms with Gasteiger partial charge in [0.25, 0.3) is 5.91 Å². The molecule has 3 rings (SSSR count). The zero-order valence-electron chi connectivity index (χ0n) is 13.6. The van der Waals surface area contributed by atoms with Crippen LogP contribution in [-0.2, 0) is 4.79 Å². The summed E-state index contributed by atoms with van der Waals surface area (Å²) < 4.78 is 5.59. The van der Waals surface area contributed by atoms with Crippen molar-refractivity contribution < 1.29 is 14.3 Å². The van der Waals surface area contributed by atoms with E-state index in [2.05, 4.69) is 5.32 Å². The molecule has 0 unspecified atom stereocenters. The molecule has 124 valence electrons. The van der Waals surface area contributed by atoms with Gasteiger partial charge in [0.2, 0.25) is 5.91 Å². The maximum atomic E-state index is 12.3. The number of amides is 2. The fraction of sp³-hybridized carbons (Fsp3) is 0.556. The van der Waals surface area contributed by atoms with Gasteiger partial charge >= 0.3 is 0 Å². The molecule has 1 fully saturated rings. The van der Waals surface area contributed by atoms with E-state index in [1.54, 1.807) is 30.1 Å². The maximum Gasteiger partial charge on any atom is 0.257 e. The summed E-state index contributed by atoms with van der Waals surface area (Å²) in [6.45, 7) is 1.05. The molecule has 5 heteroatoms. The van der Waals surface area contributed by atoms with Crippen LogP contribution in [0.3, 0.4) is 0 Å². The average molecular weight is 316 g/mol. The second-order valence-corrected chi connectivity index (χ2v) is 6.52. The first-order chi connectivity index (χ1) is 11.1. The third-order valence-corrected chi connectivity index (χ3v) is 4.78. The Morgan fingerprint density at radius 2 is 2.13 bits per heavy atom. The zero-order chi connectivity index (χ0) is 16.2. The molecule has 0 saturated heterocycles. The predicted octanol–water partition coefficient (Wildman–Crippen LogP) is 3.06. The van der Waals surface area contributed by atoms with E-state index in [0.717, 1.165) is 6.42 Å². The molecule has 1 aliphatic carbocycles. The zero-order valence-corrected chi connectivity index (χ0v) is 13.6. The Balaban J connectivity index is 1.63. The molecule has 5 nitrogen and oxygen atoms in total. The monoisotopic (exact) mass is 316 g/mol. The van der Waals surface area contributed by atoms with Crippen molar-refractivity contribution in [3.63, 3.8) is 0 Å². The Kier molecular flexibility index (Phi) is 4.84. The molecule has 0 bridgehead atoms. The molecule has 0 radical (unpaired) electrons. The molecule has 1 saturated carbocycles. The fourth-order valence-corrected chi connectivity index (χ4v) is 3.36. The normalized spacial score (nSPS) is 18.3. The van der Waals surface area contributed by atoms with Crippen LogP contribution in [0.2, 0.25) is 0 Å². The van der Waals surface area contributed by atoms with Gasteiger partial charge in [0.15, 0.2) is 0 Å². The summed E-state index contributed by atoms with van der Waals surface area (Å²) in [4.78, 5) is 26.1. The third-order valence-electron chi connectivity index (χ3n) is 4.78. The van der Waals surface area contributed by atoms with Crippen molar-refractivity contribution in [3.8, 4) is 5.75 Å². The minimum absolute atomic E-state index is 0.0205. The van der Waals surface area contributed by atoms with Crippen LogP contribution in [-0.4, -0.2) is 36.9 Å². The van der Waals surface area contributed by atoms with Crippen LogP contribution >= 0.6 is 0 Å². The Morgan fingerprint density at radius 3 is 2.91 bits per heavy atom. The topological polar surface area (TPSA) is 58.6 Å². The molecular weight excluding hydrogens is 292 g/mol. The number of nitrogens with zero attached hydrogens (tertiary/aromatic N) is 1. The predicted molar refractivity (Wildman–Crippen MR) is 88.7 cm³/mol. The van der Waals surface area contributed by atoms with Gasteiger partial charge in [-0.3, -0.25) is 9.59 Å². The first kappa shape index (κ1) is 15.8. The summed E-state index contributed by atoms with van der Waals surface area (Å²) in [5.41, 5.74) is 1.17. The quantitative estimate of drug-likeness (QED) is 0.929. The maximum absolute atomic E-state index is 12.3. The van der Waals surface area contributed by atoms with Crippen LogP contribution in [0.4, 0.5) is 5.69 Å². The highest BCUT2D eigenvalue weighted by atomic mass is 16.5. The highest BCUT2D eigenvalue weighted by Gasteiger charge is 2.21. The number of nitrogens with one attached hydrogen (secondary N) is 1. The highest BCUT2D eigenvalue weighted by molar-refractivity contribution is 5.99. The number of hydrogen-bond donors (Lipinski definition) is 1. The molecule has 1 N–H and O–H groups in total. The van der Waals surface area contributed by atoms with Gasteiger partial charge in [-0.05, 0) is 30.5 Å². The summed E-state index contributed by atoms with van der Waals surface area (Å²) in [7, 11) is 1.76. The second kappa shape index (κ2) is 7.02. The van der Waals surface area contributed by atoms with Crippen LogP contribution in [0, 0.1) is 5.92 Å². The number of anilines is 1. The lowest BCUT2D eigenvalue weighted by atomic mass is 10.0. The number of carbonyl (C=O) groups is 2. The van der Waals surface area contributed by atoms with Gasteiger partial charge in [-0.2, -0.15) is 0 Å². The minimum Gasteiger partial charge on any atom is -0.491 e. The van der Waals surface area contributed by atoms with Crippen molar-refractivity contribution in [1.82, 2.24) is 4.90 Å².